The number of fused-ring (bicyclic) bond motifs is 4. The minimum Gasteiger partial charge on any atom is -0.490 e. The average molecular weight is 543 g/mol. The summed E-state index contributed by atoms with van der Waals surface area (Å²) >= 11 is 0. The largest absolute Gasteiger partial charge is 0.490 e. The van der Waals surface area contributed by atoms with Crippen molar-refractivity contribution in [1.29, 1.82) is 0 Å². The zero-order valence-corrected chi connectivity index (χ0v) is 22.4. The van der Waals surface area contributed by atoms with Crippen molar-refractivity contribution in [3.63, 3.8) is 0 Å². The molecule has 0 aliphatic heterocycles. The third kappa shape index (κ3) is 4.27. The number of benzene rings is 3. The second-order valence-corrected chi connectivity index (χ2v) is 11.7. The highest BCUT2D eigenvalue weighted by Crippen LogP contribution is 2.40. The van der Waals surface area contributed by atoms with E-state index in [2.05, 4.69) is 15.5 Å². The first kappa shape index (κ1) is 25.2. The fourth-order valence-corrected chi connectivity index (χ4v) is 6.33. The summed E-state index contributed by atoms with van der Waals surface area (Å²) in [5.41, 5.74) is 3.88. The summed E-state index contributed by atoms with van der Waals surface area (Å²) in [6, 6.07) is 15.1. The van der Waals surface area contributed by atoms with E-state index in [1.54, 1.807) is 12.1 Å². The zero-order chi connectivity index (χ0) is 27.5. The molecule has 0 unspecified atom stereocenters. The molecule has 1 aliphatic rings. The van der Waals surface area contributed by atoms with Crippen molar-refractivity contribution in [3.8, 4) is 29.2 Å². The first-order valence-corrected chi connectivity index (χ1v) is 14.4. The lowest BCUT2D eigenvalue weighted by atomic mass is 10.00. The molecule has 0 saturated heterocycles. The Morgan fingerprint density at radius 3 is 2.54 bits per heavy atom. The van der Waals surface area contributed by atoms with Gasteiger partial charge in [0.25, 0.3) is 0 Å². The quantitative estimate of drug-likeness (QED) is 0.195. The minimum atomic E-state index is -4.90. The Bertz CT molecular complexity index is 1990. The molecule has 0 bridgehead atoms. The molecule has 39 heavy (non-hydrogen) atoms. The molecule has 0 spiro atoms. The summed E-state index contributed by atoms with van der Waals surface area (Å²) in [5, 5.41) is 1.91. The highest BCUT2D eigenvalue weighted by molar-refractivity contribution is 7.86. The molecular weight excluding hydrogens is 515 g/mol. The third-order valence-electron chi connectivity index (χ3n) is 7.49. The molecule has 8 heteroatoms. The highest BCUT2D eigenvalue weighted by atomic mass is 32.3. The van der Waals surface area contributed by atoms with Crippen LogP contribution in [0.15, 0.2) is 64.3 Å². The Morgan fingerprint density at radius 1 is 1.08 bits per heavy atom. The monoisotopic (exact) mass is 542 g/mol. The fraction of sp³-hybridized carbons (Fsp3) is 0.258. The first-order valence-electron chi connectivity index (χ1n) is 13.0. The Morgan fingerprint density at radius 2 is 1.85 bits per heavy atom. The van der Waals surface area contributed by atoms with Crippen LogP contribution in [-0.4, -0.2) is 24.1 Å². The lowest BCUT2D eigenvalue weighted by molar-refractivity contribution is 0.244. The number of aromatic amines is 1. The summed E-state index contributed by atoms with van der Waals surface area (Å²) in [5.74, 6) is 3.08. The van der Waals surface area contributed by atoms with Gasteiger partial charge in [-0.3, -0.25) is 4.79 Å². The van der Waals surface area contributed by atoms with Gasteiger partial charge in [0.2, 0.25) is 0 Å². The smallest absolute Gasteiger partial charge is 0.332 e. The standard InChI is InChI=1S/C31H27FN2O4S/c1-4-19-12-13-23-26(14-19)33-31-29(23)30(35)25-17-28(38-18(2)3)24(16-27(25)34(31)21-9-5-6-10-21)20-8-7-11-22(15-20)39(32,36)37/h1,7-8,11-18,21,33H,5-6,9-10H2,2-3H3. The maximum absolute atomic E-state index is 14.1. The second-order valence-electron chi connectivity index (χ2n) is 10.4. The summed E-state index contributed by atoms with van der Waals surface area (Å²) in [6.07, 6.45) is 9.51. The predicted molar refractivity (Wildman–Crippen MR) is 153 cm³/mol. The van der Waals surface area contributed by atoms with Crippen molar-refractivity contribution >= 4 is 43.1 Å². The van der Waals surface area contributed by atoms with Gasteiger partial charge in [-0.15, -0.1) is 10.3 Å². The van der Waals surface area contributed by atoms with Crippen molar-refractivity contribution in [2.45, 2.75) is 56.6 Å². The summed E-state index contributed by atoms with van der Waals surface area (Å²) < 4.78 is 45.6. The van der Waals surface area contributed by atoms with E-state index in [1.165, 1.54) is 18.2 Å². The van der Waals surface area contributed by atoms with Crippen molar-refractivity contribution in [3.05, 3.63) is 70.4 Å². The number of hydrogen-bond acceptors (Lipinski definition) is 4. The number of nitrogens with one attached hydrogen (secondary N) is 1. The fourth-order valence-electron chi connectivity index (χ4n) is 5.82. The van der Waals surface area contributed by atoms with Gasteiger partial charge in [0.15, 0.2) is 5.43 Å². The van der Waals surface area contributed by atoms with E-state index in [0.717, 1.165) is 47.8 Å². The van der Waals surface area contributed by atoms with E-state index in [1.807, 2.05) is 38.1 Å². The molecule has 1 saturated carbocycles. The first-order chi connectivity index (χ1) is 18.7. The average Bonchev–Trinajstić information content (AvgIpc) is 3.56. The molecule has 2 heterocycles. The van der Waals surface area contributed by atoms with Gasteiger partial charge in [-0.2, -0.15) is 8.42 Å². The Kier molecular flexibility index (Phi) is 6.00. The van der Waals surface area contributed by atoms with Gasteiger partial charge in [-0.05, 0) is 68.7 Å². The van der Waals surface area contributed by atoms with Gasteiger partial charge >= 0.3 is 10.2 Å². The molecule has 198 valence electrons. The van der Waals surface area contributed by atoms with Crippen LogP contribution in [0.25, 0.3) is 44.0 Å². The molecule has 0 atom stereocenters. The normalized spacial score (nSPS) is 14.5. The van der Waals surface area contributed by atoms with Gasteiger partial charge in [-0.1, -0.05) is 37.0 Å². The number of ether oxygens (including phenoxy) is 1. The van der Waals surface area contributed by atoms with Crippen molar-refractivity contribution in [1.82, 2.24) is 9.55 Å². The topological polar surface area (TPSA) is 81.2 Å². The Labute approximate surface area is 225 Å². The second kappa shape index (κ2) is 9.28. The maximum Gasteiger partial charge on any atom is 0.332 e. The number of aromatic nitrogens is 2. The SMILES string of the molecule is C#Cc1ccc2c(c1)[nH]c1c2c(=O)c2cc(OC(C)C)c(-c3cccc(S(=O)(=O)F)c3)cc2n1C1CCCC1. The molecule has 6 rings (SSSR count). The van der Waals surface area contributed by atoms with Crippen LogP contribution in [0.4, 0.5) is 3.89 Å². The van der Waals surface area contributed by atoms with E-state index in [0.29, 0.717) is 33.2 Å². The molecule has 1 N–H and O–H groups in total. The summed E-state index contributed by atoms with van der Waals surface area (Å²) in [6.45, 7) is 3.75. The zero-order valence-electron chi connectivity index (χ0n) is 21.6. The Hall–Kier alpha value is -4.09. The molecule has 0 amide bonds. The molecular formula is C31H27FN2O4S. The van der Waals surface area contributed by atoms with Gasteiger partial charge in [0.1, 0.15) is 11.4 Å². The van der Waals surface area contributed by atoms with Crippen LogP contribution in [-0.2, 0) is 10.2 Å². The molecule has 1 aliphatic carbocycles. The Balaban J connectivity index is 1.75. The number of nitrogens with zero attached hydrogens (tertiary/aromatic N) is 1. The molecule has 3 aromatic carbocycles. The van der Waals surface area contributed by atoms with Crippen LogP contribution in [0.1, 0.15) is 51.1 Å². The van der Waals surface area contributed by atoms with E-state index in [9.17, 15) is 17.1 Å². The predicted octanol–water partition coefficient (Wildman–Crippen LogP) is 6.84. The molecule has 2 aromatic heterocycles. The van der Waals surface area contributed by atoms with Crippen LogP contribution in [0.2, 0.25) is 0 Å². The number of halogens is 1. The number of hydrogen-bond donors (Lipinski definition) is 1. The van der Waals surface area contributed by atoms with E-state index in [-0.39, 0.29) is 17.6 Å². The summed E-state index contributed by atoms with van der Waals surface area (Å²) in [4.78, 5) is 17.1. The van der Waals surface area contributed by atoms with Crippen LogP contribution in [0.5, 0.6) is 5.75 Å². The van der Waals surface area contributed by atoms with Crippen LogP contribution in [0, 0.1) is 12.3 Å². The van der Waals surface area contributed by atoms with Crippen LogP contribution >= 0.6 is 0 Å². The number of rotatable bonds is 5. The van der Waals surface area contributed by atoms with Gasteiger partial charge < -0.3 is 14.3 Å². The highest BCUT2D eigenvalue weighted by Gasteiger charge is 2.26. The van der Waals surface area contributed by atoms with Gasteiger partial charge in [0.05, 0.1) is 27.3 Å². The van der Waals surface area contributed by atoms with E-state index < -0.39 is 15.1 Å². The molecule has 0 radical (unpaired) electrons. The van der Waals surface area contributed by atoms with Crippen molar-refractivity contribution < 1.29 is 17.0 Å². The third-order valence-corrected chi connectivity index (χ3v) is 8.31. The lowest BCUT2D eigenvalue weighted by Crippen LogP contribution is -2.15. The number of pyridine rings is 1. The molecule has 6 nitrogen and oxygen atoms in total. The van der Waals surface area contributed by atoms with Gasteiger partial charge in [-0.25, -0.2) is 0 Å². The maximum atomic E-state index is 14.1. The summed E-state index contributed by atoms with van der Waals surface area (Å²) in [7, 11) is -4.90. The minimum absolute atomic E-state index is 0.130. The molecule has 5 aromatic rings. The van der Waals surface area contributed by atoms with Crippen LogP contribution in [0.3, 0.4) is 0 Å². The lowest BCUT2D eigenvalue weighted by Gasteiger charge is -2.22. The van der Waals surface area contributed by atoms with E-state index >= 15 is 0 Å². The number of terminal acetylenes is 1. The van der Waals surface area contributed by atoms with E-state index in [4.69, 9.17) is 11.2 Å². The van der Waals surface area contributed by atoms with Crippen LogP contribution < -0.4 is 10.2 Å². The number of H-pyrrole nitrogens is 1. The van der Waals surface area contributed by atoms with Gasteiger partial charge in [0, 0.05) is 28.1 Å². The molecule has 1 fully saturated rings. The van der Waals surface area contributed by atoms with Crippen molar-refractivity contribution in [2.24, 2.45) is 0 Å². The van der Waals surface area contributed by atoms with Crippen molar-refractivity contribution in [2.75, 3.05) is 0 Å².